The number of carbonyl (C=O) groups is 2. The summed E-state index contributed by atoms with van der Waals surface area (Å²) in [4.78, 5) is 24.2. The lowest BCUT2D eigenvalue weighted by Crippen LogP contribution is -2.31. The second-order valence-electron chi connectivity index (χ2n) is 6.76. The largest absolute Gasteiger partial charge is 0.495 e. The zero-order valence-corrected chi connectivity index (χ0v) is 19.1. The third kappa shape index (κ3) is 6.51. The number of esters is 1. The normalized spacial score (nSPS) is 11.3. The van der Waals surface area contributed by atoms with Crippen LogP contribution >= 0.6 is 0 Å². The number of carbonyl (C=O) groups excluding carboxylic acids is 2. The number of methoxy groups -OCH3 is 1. The monoisotopic (exact) mass is 466 g/mol. The molecule has 0 aliphatic rings. The molecule has 0 fully saturated rings. The van der Waals surface area contributed by atoms with Crippen molar-refractivity contribution in [3.63, 3.8) is 0 Å². The van der Waals surface area contributed by atoms with Crippen molar-refractivity contribution >= 4 is 21.9 Å². The Bertz CT molecular complexity index is 1040. The van der Waals surface area contributed by atoms with Gasteiger partial charge in [-0.05, 0) is 42.3 Å². The van der Waals surface area contributed by atoms with E-state index in [1.807, 2.05) is 0 Å². The van der Waals surface area contributed by atoms with E-state index in [4.69, 9.17) is 9.47 Å². The number of hydrogen-bond acceptors (Lipinski definition) is 6. The summed E-state index contributed by atoms with van der Waals surface area (Å²) in [6, 6.07) is 9.83. The molecule has 1 amide bonds. The van der Waals surface area contributed by atoms with Crippen molar-refractivity contribution in [3.05, 3.63) is 59.4 Å². The quantitative estimate of drug-likeness (QED) is 0.510. The van der Waals surface area contributed by atoms with E-state index in [2.05, 4.69) is 5.32 Å². The number of ether oxygens (including phenoxy) is 2. The van der Waals surface area contributed by atoms with Gasteiger partial charge < -0.3 is 14.8 Å². The number of nitrogens with zero attached hydrogens (tertiary/aromatic N) is 1. The third-order valence-corrected chi connectivity index (χ3v) is 6.78. The van der Waals surface area contributed by atoms with Crippen LogP contribution in [0, 0.1) is 5.82 Å². The van der Waals surface area contributed by atoms with Gasteiger partial charge in [-0.25, -0.2) is 17.6 Å². The van der Waals surface area contributed by atoms with E-state index in [-0.39, 0.29) is 41.7 Å². The summed E-state index contributed by atoms with van der Waals surface area (Å²) in [7, 11) is -2.54. The predicted molar refractivity (Wildman–Crippen MR) is 116 cm³/mol. The van der Waals surface area contributed by atoms with Crippen LogP contribution in [0.2, 0.25) is 0 Å². The molecular formula is C22H27FN2O6S. The number of rotatable bonds is 11. The summed E-state index contributed by atoms with van der Waals surface area (Å²) >= 11 is 0. The molecule has 0 radical (unpaired) electrons. The topological polar surface area (TPSA) is 102 Å². The molecule has 8 nitrogen and oxygen atoms in total. The predicted octanol–water partition coefficient (Wildman–Crippen LogP) is 2.38. The molecule has 2 aromatic rings. The van der Waals surface area contributed by atoms with Gasteiger partial charge in [0, 0.05) is 19.6 Å². The van der Waals surface area contributed by atoms with E-state index in [1.165, 1.54) is 41.7 Å². The van der Waals surface area contributed by atoms with Crippen LogP contribution in [-0.4, -0.2) is 58.0 Å². The van der Waals surface area contributed by atoms with Gasteiger partial charge in [-0.3, -0.25) is 4.79 Å². The van der Waals surface area contributed by atoms with E-state index in [0.717, 1.165) is 5.56 Å². The molecule has 0 bridgehead atoms. The Morgan fingerprint density at radius 1 is 1.06 bits per heavy atom. The molecule has 0 saturated carbocycles. The van der Waals surface area contributed by atoms with Gasteiger partial charge in [0.05, 0.1) is 12.7 Å². The van der Waals surface area contributed by atoms with Crippen LogP contribution in [0.25, 0.3) is 0 Å². The first-order valence-electron chi connectivity index (χ1n) is 10.1. The SMILES string of the molecule is CCN(CC)S(=O)(=O)c1cc(C(=O)OCC(=O)NCCc2ccc(F)cc2)ccc1OC. The minimum absolute atomic E-state index is 0.0179. The average molecular weight is 467 g/mol. The average Bonchev–Trinajstić information content (AvgIpc) is 2.79. The Hall–Kier alpha value is -2.98. The molecule has 174 valence electrons. The van der Waals surface area contributed by atoms with E-state index in [0.29, 0.717) is 6.42 Å². The molecule has 2 rings (SSSR count). The van der Waals surface area contributed by atoms with Gasteiger partial charge >= 0.3 is 5.97 Å². The molecule has 0 saturated heterocycles. The van der Waals surface area contributed by atoms with Gasteiger partial charge in [0.25, 0.3) is 5.91 Å². The van der Waals surface area contributed by atoms with Crippen LogP contribution in [-0.2, 0) is 26.0 Å². The van der Waals surface area contributed by atoms with Gasteiger partial charge in [0.15, 0.2) is 6.61 Å². The summed E-state index contributed by atoms with van der Waals surface area (Å²) < 4.78 is 50.1. The molecule has 0 aliphatic carbocycles. The number of hydrogen-bond donors (Lipinski definition) is 1. The fourth-order valence-electron chi connectivity index (χ4n) is 2.97. The summed E-state index contributed by atoms with van der Waals surface area (Å²) in [6.45, 7) is 3.70. The van der Waals surface area contributed by atoms with Crippen molar-refractivity contribution in [3.8, 4) is 5.75 Å². The van der Waals surface area contributed by atoms with Crippen molar-refractivity contribution in [2.24, 2.45) is 0 Å². The Morgan fingerprint density at radius 3 is 2.31 bits per heavy atom. The second-order valence-corrected chi connectivity index (χ2v) is 8.66. The van der Waals surface area contributed by atoms with Gasteiger partial charge in [-0.1, -0.05) is 26.0 Å². The molecule has 1 N–H and O–H groups in total. The number of amides is 1. The van der Waals surface area contributed by atoms with Crippen molar-refractivity contribution in [2.75, 3.05) is 33.4 Å². The minimum Gasteiger partial charge on any atom is -0.495 e. The van der Waals surface area contributed by atoms with Gasteiger partial charge in [-0.15, -0.1) is 0 Å². The summed E-state index contributed by atoms with van der Waals surface area (Å²) in [5.41, 5.74) is 0.833. The lowest BCUT2D eigenvalue weighted by Gasteiger charge is -2.20. The number of nitrogens with one attached hydrogen (secondary N) is 1. The smallest absolute Gasteiger partial charge is 0.338 e. The lowest BCUT2D eigenvalue weighted by atomic mass is 10.1. The third-order valence-electron chi connectivity index (χ3n) is 4.71. The highest BCUT2D eigenvalue weighted by atomic mass is 32.2. The highest BCUT2D eigenvalue weighted by molar-refractivity contribution is 7.89. The molecule has 32 heavy (non-hydrogen) atoms. The standard InChI is InChI=1S/C22H27FN2O6S/c1-4-25(5-2)32(28,29)20-14-17(8-11-19(20)30-3)22(27)31-15-21(26)24-13-12-16-6-9-18(23)10-7-16/h6-11,14H,4-5,12-13,15H2,1-3H3,(H,24,26). The van der Waals surface area contributed by atoms with Gasteiger partial charge in [0.2, 0.25) is 10.0 Å². The zero-order valence-electron chi connectivity index (χ0n) is 18.3. The molecule has 0 spiro atoms. The maximum absolute atomic E-state index is 12.9. The highest BCUT2D eigenvalue weighted by Gasteiger charge is 2.27. The number of halogens is 1. The Kier molecular flexibility index (Phi) is 9.15. The molecule has 0 heterocycles. The first kappa shape index (κ1) is 25.3. The van der Waals surface area contributed by atoms with Crippen LogP contribution < -0.4 is 10.1 Å². The lowest BCUT2D eigenvalue weighted by molar-refractivity contribution is -0.124. The van der Waals surface area contributed by atoms with E-state index < -0.39 is 28.5 Å². The fourth-order valence-corrected chi connectivity index (χ4v) is 4.61. The van der Waals surface area contributed by atoms with Crippen LogP contribution in [0.3, 0.4) is 0 Å². The van der Waals surface area contributed by atoms with Crippen molar-refractivity contribution in [1.29, 1.82) is 0 Å². The summed E-state index contributed by atoms with van der Waals surface area (Å²) in [5, 5.41) is 2.60. The first-order valence-corrected chi connectivity index (χ1v) is 11.5. The molecule has 0 aliphatic heterocycles. The molecule has 0 atom stereocenters. The van der Waals surface area contributed by atoms with E-state index in [9.17, 15) is 22.4 Å². The number of sulfonamides is 1. The van der Waals surface area contributed by atoms with Crippen molar-refractivity contribution < 1.29 is 31.9 Å². The van der Waals surface area contributed by atoms with Crippen LogP contribution in [0.5, 0.6) is 5.75 Å². The summed E-state index contributed by atoms with van der Waals surface area (Å²) in [6.07, 6.45) is 0.491. The fraction of sp³-hybridized carbons (Fsp3) is 0.364. The Balaban J connectivity index is 1.99. The zero-order chi connectivity index (χ0) is 23.7. The molecule has 2 aromatic carbocycles. The number of benzene rings is 2. The van der Waals surface area contributed by atoms with Gasteiger partial charge in [-0.2, -0.15) is 4.31 Å². The molecular weight excluding hydrogens is 439 g/mol. The molecule has 0 unspecified atom stereocenters. The Morgan fingerprint density at radius 2 is 1.72 bits per heavy atom. The summed E-state index contributed by atoms with van der Waals surface area (Å²) in [5.74, 6) is -1.58. The second kappa shape index (κ2) is 11.6. The maximum atomic E-state index is 12.9. The van der Waals surface area contributed by atoms with Gasteiger partial charge in [0.1, 0.15) is 16.5 Å². The Labute approximate surface area is 187 Å². The van der Waals surface area contributed by atoms with Crippen LogP contribution in [0.4, 0.5) is 4.39 Å². The van der Waals surface area contributed by atoms with Crippen molar-refractivity contribution in [1.82, 2.24) is 9.62 Å². The highest BCUT2D eigenvalue weighted by Crippen LogP contribution is 2.28. The molecule has 10 heteroatoms. The van der Waals surface area contributed by atoms with E-state index in [1.54, 1.807) is 26.0 Å². The van der Waals surface area contributed by atoms with Crippen LogP contribution in [0.1, 0.15) is 29.8 Å². The maximum Gasteiger partial charge on any atom is 0.338 e. The van der Waals surface area contributed by atoms with E-state index >= 15 is 0 Å². The molecule has 0 aromatic heterocycles. The first-order chi connectivity index (χ1) is 15.2. The van der Waals surface area contributed by atoms with Crippen LogP contribution in [0.15, 0.2) is 47.4 Å². The minimum atomic E-state index is -3.87. The van der Waals surface area contributed by atoms with Crippen molar-refractivity contribution in [2.45, 2.75) is 25.2 Å².